The van der Waals surface area contributed by atoms with Gasteiger partial charge in [-0.3, -0.25) is 0 Å². The molecule has 1 fully saturated rings. The van der Waals surface area contributed by atoms with Crippen molar-refractivity contribution < 1.29 is 4.42 Å². The summed E-state index contributed by atoms with van der Waals surface area (Å²) in [6, 6.07) is 0.596. The fourth-order valence-electron chi connectivity index (χ4n) is 0.707. The minimum Gasteiger partial charge on any atom is -0.451 e. The Hall–Kier alpha value is -1.32. The Labute approximate surface area is 64.3 Å². The molecule has 0 amide bonds. The Morgan fingerprint density at radius 1 is 1.73 bits per heavy atom. The zero-order valence-electron chi connectivity index (χ0n) is 6.03. The van der Waals surface area contributed by atoms with Crippen molar-refractivity contribution in [3.05, 3.63) is 18.4 Å². The summed E-state index contributed by atoms with van der Waals surface area (Å²) in [4.78, 5) is 3.88. The molecule has 0 unspecified atom stereocenters. The molecular formula is C7H9N3O. The van der Waals surface area contributed by atoms with Gasteiger partial charge in [0.05, 0.1) is 6.21 Å². The Morgan fingerprint density at radius 3 is 3.27 bits per heavy atom. The van der Waals surface area contributed by atoms with Gasteiger partial charge in [0.25, 0.3) is 0 Å². The molecule has 4 nitrogen and oxygen atoms in total. The van der Waals surface area contributed by atoms with Crippen molar-refractivity contribution in [1.29, 1.82) is 0 Å². The molecule has 1 aliphatic carbocycles. The van der Waals surface area contributed by atoms with Gasteiger partial charge >= 0.3 is 0 Å². The van der Waals surface area contributed by atoms with Crippen molar-refractivity contribution in [3.63, 3.8) is 0 Å². The van der Waals surface area contributed by atoms with E-state index in [2.05, 4.69) is 15.5 Å². The summed E-state index contributed by atoms with van der Waals surface area (Å²) in [5.74, 6) is 0. The first-order valence-corrected chi connectivity index (χ1v) is 3.62. The van der Waals surface area contributed by atoms with Gasteiger partial charge in [-0.2, -0.15) is 5.10 Å². The predicted molar refractivity (Wildman–Crippen MR) is 40.3 cm³/mol. The van der Waals surface area contributed by atoms with Gasteiger partial charge in [0.15, 0.2) is 6.39 Å². The van der Waals surface area contributed by atoms with Gasteiger partial charge in [0, 0.05) is 6.04 Å². The summed E-state index contributed by atoms with van der Waals surface area (Å²) in [6.07, 6.45) is 7.06. The average molecular weight is 151 g/mol. The number of aromatic nitrogens is 1. The molecule has 0 saturated heterocycles. The van der Waals surface area contributed by atoms with Gasteiger partial charge in [-0.1, -0.05) is 0 Å². The van der Waals surface area contributed by atoms with E-state index in [4.69, 9.17) is 4.42 Å². The van der Waals surface area contributed by atoms with Crippen LogP contribution in [0.2, 0.25) is 0 Å². The smallest absolute Gasteiger partial charge is 0.181 e. The van der Waals surface area contributed by atoms with Gasteiger partial charge in [0.2, 0.25) is 0 Å². The first-order valence-electron chi connectivity index (χ1n) is 3.62. The second-order valence-corrected chi connectivity index (χ2v) is 2.57. The Bertz CT molecular complexity index is 238. The molecule has 1 aromatic heterocycles. The molecule has 0 bridgehead atoms. The topological polar surface area (TPSA) is 50.4 Å². The van der Waals surface area contributed by atoms with E-state index in [0.717, 1.165) is 5.69 Å². The zero-order chi connectivity index (χ0) is 7.52. The summed E-state index contributed by atoms with van der Waals surface area (Å²) in [6.45, 7) is 0. The lowest BCUT2D eigenvalue weighted by molar-refractivity contribution is 0.557. The van der Waals surface area contributed by atoms with E-state index in [0.29, 0.717) is 6.04 Å². The van der Waals surface area contributed by atoms with Crippen molar-refractivity contribution in [3.8, 4) is 0 Å². The second kappa shape index (κ2) is 2.74. The van der Waals surface area contributed by atoms with Gasteiger partial charge < -0.3 is 9.84 Å². The molecule has 0 aliphatic heterocycles. The van der Waals surface area contributed by atoms with E-state index in [-0.39, 0.29) is 0 Å². The van der Waals surface area contributed by atoms with Gasteiger partial charge in [-0.25, -0.2) is 4.98 Å². The summed E-state index contributed by atoms with van der Waals surface area (Å²) >= 11 is 0. The fourth-order valence-corrected chi connectivity index (χ4v) is 0.707. The van der Waals surface area contributed by atoms with Gasteiger partial charge in [-0.05, 0) is 12.8 Å². The first-order chi connectivity index (χ1) is 5.45. The molecule has 1 saturated carbocycles. The summed E-state index contributed by atoms with van der Waals surface area (Å²) < 4.78 is 4.76. The van der Waals surface area contributed by atoms with Crippen LogP contribution in [-0.2, 0) is 0 Å². The molecular weight excluding hydrogens is 142 g/mol. The molecule has 0 radical (unpaired) electrons. The minimum atomic E-state index is 0.596. The molecule has 1 aliphatic rings. The summed E-state index contributed by atoms with van der Waals surface area (Å²) in [5.41, 5.74) is 3.73. The van der Waals surface area contributed by atoms with E-state index >= 15 is 0 Å². The third kappa shape index (κ3) is 1.80. The SMILES string of the molecule is C(=N\NC1CC1)/c1cocn1. The lowest BCUT2D eigenvalue weighted by Crippen LogP contribution is -2.07. The van der Waals surface area contributed by atoms with Crippen LogP contribution >= 0.6 is 0 Å². The minimum absolute atomic E-state index is 0.596. The van der Waals surface area contributed by atoms with Crippen molar-refractivity contribution in [2.75, 3.05) is 0 Å². The number of nitrogens with one attached hydrogen (secondary N) is 1. The second-order valence-electron chi connectivity index (χ2n) is 2.57. The Balaban J connectivity index is 1.83. The van der Waals surface area contributed by atoms with Crippen LogP contribution in [-0.4, -0.2) is 17.2 Å². The highest BCUT2D eigenvalue weighted by molar-refractivity contribution is 5.75. The number of rotatable bonds is 3. The van der Waals surface area contributed by atoms with Crippen molar-refractivity contribution in [1.82, 2.24) is 10.4 Å². The molecule has 58 valence electrons. The maximum Gasteiger partial charge on any atom is 0.181 e. The highest BCUT2D eigenvalue weighted by Crippen LogP contribution is 2.18. The zero-order valence-corrected chi connectivity index (χ0v) is 6.03. The van der Waals surface area contributed by atoms with Crippen LogP contribution in [0.5, 0.6) is 0 Å². The molecule has 0 atom stereocenters. The Morgan fingerprint density at radius 2 is 2.64 bits per heavy atom. The number of hydrazone groups is 1. The monoisotopic (exact) mass is 151 g/mol. The fraction of sp³-hybridized carbons (Fsp3) is 0.429. The van der Waals surface area contributed by atoms with Gasteiger partial charge in [-0.15, -0.1) is 0 Å². The molecule has 2 rings (SSSR count). The number of oxazole rings is 1. The quantitative estimate of drug-likeness (QED) is 0.512. The highest BCUT2D eigenvalue weighted by Gasteiger charge is 2.19. The van der Waals surface area contributed by atoms with Crippen molar-refractivity contribution in [2.24, 2.45) is 5.10 Å². The van der Waals surface area contributed by atoms with E-state index in [1.807, 2.05) is 0 Å². The lowest BCUT2D eigenvalue weighted by Gasteiger charge is -1.90. The molecule has 1 heterocycles. The lowest BCUT2D eigenvalue weighted by atomic mass is 10.5. The summed E-state index contributed by atoms with van der Waals surface area (Å²) in [5, 5.41) is 3.98. The molecule has 11 heavy (non-hydrogen) atoms. The summed E-state index contributed by atoms with van der Waals surface area (Å²) in [7, 11) is 0. The molecule has 0 spiro atoms. The molecule has 0 aromatic carbocycles. The van der Waals surface area contributed by atoms with Gasteiger partial charge in [0.1, 0.15) is 12.0 Å². The van der Waals surface area contributed by atoms with Crippen LogP contribution in [0.1, 0.15) is 18.5 Å². The third-order valence-corrected chi connectivity index (χ3v) is 1.48. The number of hydrogen-bond acceptors (Lipinski definition) is 4. The molecule has 1 aromatic rings. The van der Waals surface area contributed by atoms with Crippen molar-refractivity contribution in [2.45, 2.75) is 18.9 Å². The average Bonchev–Trinajstić information content (AvgIpc) is 2.66. The van der Waals surface area contributed by atoms with Crippen LogP contribution in [0.4, 0.5) is 0 Å². The normalized spacial score (nSPS) is 17.5. The number of hydrogen-bond donors (Lipinski definition) is 1. The van der Waals surface area contributed by atoms with Crippen LogP contribution in [0.3, 0.4) is 0 Å². The third-order valence-electron chi connectivity index (χ3n) is 1.48. The maximum atomic E-state index is 4.76. The standard InChI is InChI=1S/C7H9N3O/c1-2-6(1)10-9-3-7-4-11-5-8-7/h3-6,10H,1-2H2/b9-3+. The van der Waals surface area contributed by atoms with Crippen LogP contribution in [0.15, 0.2) is 22.2 Å². The van der Waals surface area contributed by atoms with E-state index in [9.17, 15) is 0 Å². The predicted octanol–water partition coefficient (Wildman–Crippen LogP) is 0.760. The van der Waals surface area contributed by atoms with Crippen LogP contribution in [0, 0.1) is 0 Å². The maximum absolute atomic E-state index is 4.76. The molecule has 4 heteroatoms. The molecule has 1 N–H and O–H groups in total. The van der Waals surface area contributed by atoms with E-state index in [1.165, 1.54) is 19.2 Å². The largest absolute Gasteiger partial charge is 0.451 e. The highest BCUT2D eigenvalue weighted by atomic mass is 16.3. The Kier molecular flexibility index (Phi) is 1.59. The first kappa shape index (κ1) is 6.39. The van der Waals surface area contributed by atoms with Crippen LogP contribution < -0.4 is 5.43 Å². The van der Waals surface area contributed by atoms with Crippen LogP contribution in [0.25, 0.3) is 0 Å². The van der Waals surface area contributed by atoms with Crippen molar-refractivity contribution >= 4 is 6.21 Å². The number of nitrogens with zero attached hydrogens (tertiary/aromatic N) is 2. The van der Waals surface area contributed by atoms with E-state index < -0.39 is 0 Å². The van der Waals surface area contributed by atoms with E-state index in [1.54, 1.807) is 12.5 Å².